The highest BCUT2D eigenvalue weighted by Gasteiger charge is 2.25. The number of hydrogen-bond acceptors (Lipinski definition) is 2. The van der Waals surface area contributed by atoms with E-state index in [0.29, 0.717) is 0 Å². The molecule has 0 amide bonds. The number of hydrogen-bond donors (Lipinski definition) is 0. The third-order valence-electron chi connectivity index (χ3n) is 3.64. The summed E-state index contributed by atoms with van der Waals surface area (Å²) in [5, 5.41) is 2.05. The summed E-state index contributed by atoms with van der Waals surface area (Å²) in [6.07, 6.45) is 3.82. The Kier molecular flexibility index (Phi) is 2.23. The summed E-state index contributed by atoms with van der Waals surface area (Å²) in [6, 6.07) is 12.5. The SMILES string of the molecule is O=Cc1cn2c(c1-c1cccs1)Cc1ccccc1-2. The molecule has 0 atom stereocenters. The van der Waals surface area contributed by atoms with Crippen LogP contribution in [0.2, 0.25) is 0 Å². The van der Waals surface area contributed by atoms with Crippen LogP contribution in [0.15, 0.2) is 48.0 Å². The minimum absolute atomic E-state index is 0.784. The van der Waals surface area contributed by atoms with Crippen molar-refractivity contribution in [3.05, 3.63) is 64.8 Å². The highest BCUT2D eigenvalue weighted by molar-refractivity contribution is 7.13. The molecule has 0 unspecified atom stereocenters. The van der Waals surface area contributed by atoms with E-state index in [0.717, 1.165) is 23.8 Å². The van der Waals surface area contributed by atoms with Gasteiger partial charge in [-0.3, -0.25) is 4.79 Å². The van der Waals surface area contributed by atoms with Gasteiger partial charge in [-0.2, -0.15) is 0 Å². The van der Waals surface area contributed by atoms with E-state index in [2.05, 4.69) is 34.2 Å². The number of para-hydroxylation sites is 1. The van der Waals surface area contributed by atoms with Crippen LogP contribution in [-0.4, -0.2) is 10.9 Å². The average molecular weight is 265 g/mol. The normalized spacial score (nSPS) is 12.2. The van der Waals surface area contributed by atoms with Crippen molar-refractivity contribution < 1.29 is 4.79 Å². The Hall–Kier alpha value is -2.13. The van der Waals surface area contributed by atoms with Crippen molar-refractivity contribution in [1.82, 2.24) is 4.57 Å². The Balaban J connectivity index is 2.00. The number of aromatic nitrogens is 1. The lowest BCUT2D eigenvalue weighted by Gasteiger charge is -2.00. The topological polar surface area (TPSA) is 22.0 Å². The number of thiophene rings is 1. The molecule has 0 saturated carbocycles. The number of nitrogens with zero attached hydrogens (tertiary/aromatic N) is 1. The molecule has 0 radical (unpaired) electrons. The van der Waals surface area contributed by atoms with E-state index < -0.39 is 0 Å². The van der Waals surface area contributed by atoms with Crippen molar-refractivity contribution in [3.63, 3.8) is 0 Å². The van der Waals surface area contributed by atoms with Crippen LogP contribution in [0.1, 0.15) is 21.6 Å². The van der Waals surface area contributed by atoms with Crippen molar-refractivity contribution in [1.29, 1.82) is 0 Å². The first-order chi connectivity index (χ1) is 9.38. The number of aldehydes is 1. The summed E-state index contributed by atoms with van der Waals surface area (Å²) in [5.41, 5.74) is 5.63. The van der Waals surface area contributed by atoms with E-state index in [1.165, 1.54) is 21.8 Å². The molecule has 3 heteroatoms. The van der Waals surface area contributed by atoms with Gasteiger partial charge in [0.15, 0.2) is 6.29 Å². The molecule has 2 nitrogen and oxygen atoms in total. The molecule has 3 heterocycles. The minimum Gasteiger partial charge on any atom is -0.319 e. The molecule has 0 fully saturated rings. The third-order valence-corrected chi connectivity index (χ3v) is 4.53. The van der Waals surface area contributed by atoms with Gasteiger partial charge in [0.05, 0.1) is 0 Å². The van der Waals surface area contributed by atoms with Crippen molar-refractivity contribution in [2.24, 2.45) is 0 Å². The first-order valence-corrected chi connectivity index (χ1v) is 7.08. The van der Waals surface area contributed by atoms with Crippen LogP contribution >= 0.6 is 11.3 Å². The summed E-state index contributed by atoms with van der Waals surface area (Å²) in [6.45, 7) is 0. The molecule has 0 spiro atoms. The van der Waals surface area contributed by atoms with Gasteiger partial charge < -0.3 is 4.57 Å². The van der Waals surface area contributed by atoms with Crippen molar-refractivity contribution >= 4 is 17.6 Å². The van der Waals surface area contributed by atoms with E-state index in [-0.39, 0.29) is 0 Å². The molecule has 92 valence electrons. The minimum atomic E-state index is 0.784. The van der Waals surface area contributed by atoms with Crippen molar-refractivity contribution in [3.8, 4) is 16.1 Å². The highest BCUT2D eigenvalue weighted by Crippen LogP contribution is 2.39. The maximum absolute atomic E-state index is 11.3. The molecule has 2 aromatic heterocycles. The second-order valence-electron chi connectivity index (χ2n) is 4.68. The zero-order valence-electron chi connectivity index (χ0n) is 10.2. The van der Waals surface area contributed by atoms with Gasteiger partial charge in [-0.25, -0.2) is 0 Å². The number of fused-ring (bicyclic) bond motifs is 3. The zero-order chi connectivity index (χ0) is 12.8. The second-order valence-corrected chi connectivity index (χ2v) is 5.62. The van der Waals surface area contributed by atoms with Gasteiger partial charge in [0.25, 0.3) is 0 Å². The number of carbonyl (C=O) groups excluding carboxylic acids is 1. The average Bonchev–Trinajstić information content (AvgIpc) is 3.12. The standard InChI is InChI=1S/C16H11NOS/c18-10-12-9-17-13-5-2-1-4-11(13)8-14(17)16(12)15-6-3-7-19-15/h1-7,9-10H,8H2. The van der Waals surface area contributed by atoms with Gasteiger partial charge in [-0.05, 0) is 23.1 Å². The molecule has 4 rings (SSSR count). The molecule has 0 aliphatic carbocycles. The largest absolute Gasteiger partial charge is 0.319 e. The summed E-state index contributed by atoms with van der Waals surface area (Å²) in [4.78, 5) is 12.5. The molecule has 0 saturated heterocycles. The summed E-state index contributed by atoms with van der Waals surface area (Å²) >= 11 is 1.68. The van der Waals surface area contributed by atoms with E-state index in [1.54, 1.807) is 11.3 Å². The molecular formula is C16H11NOS. The molecule has 1 aliphatic heterocycles. The summed E-state index contributed by atoms with van der Waals surface area (Å²) in [5.74, 6) is 0. The van der Waals surface area contributed by atoms with E-state index >= 15 is 0 Å². The van der Waals surface area contributed by atoms with Gasteiger partial charge in [-0.15, -0.1) is 11.3 Å². The van der Waals surface area contributed by atoms with Crippen LogP contribution in [0.3, 0.4) is 0 Å². The fourth-order valence-corrected chi connectivity index (χ4v) is 3.64. The quantitative estimate of drug-likeness (QED) is 0.503. The second kappa shape index (κ2) is 3.93. The van der Waals surface area contributed by atoms with Gasteiger partial charge in [0, 0.05) is 40.0 Å². The molecule has 0 bridgehead atoms. The van der Waals surface area contributed by atoms with Gasteiger partial charge in [-0.1, -0.05) is 24.3 Å². The highest BCUT2D eigenvalue weighted by atomic mass is 32.1. The lowest BCUT2D eigenvalue weighted by atomic mass is 10.0. The van der Waals surface area contributed by atoms with Crippen LogP contribution in [-0.2, 0) is 6.42 Å². The summed E-state index contributed by atoms with van der Waals surface area (Å²) in [7, 11) is 0. The molecule has 19 heavy (non-hydrogen) atoms. The molecular weight excluding hydrogens is 254 g/mol. The smallest absolute Gasteiger partial charge is 0.152 e. The van der Waals surface area contributed by atoms with Gasteiger partial charge in [0.2, 0.25) is 0 Å². The lowest BCUT2D eigenvalue weighted by Crippen LogP contribution is -1.88. The number of rotatable bonds is 2. The summed E-state index contributed by atoms with van der Waals surface area (Å²) < 4.78 is 2.16. The Labute approximate surface area is 114 Å². The molecule has 1 aliphatic rings. The van der Waals surface area contributed by atoms with E-state index in [4.69, 9.17) is 0 Å². The van der Waals surface area contributed by atoms with Crippen LogP contribution < -0.4 is 0 Å². The Morgan fingerprint density at radius 2 is 2.05 bits per heavy atom. The predicted molar refractivity (Wildman–Crippen MR) is 77.3 cm³/mol. The fraction of sp³-hybridized carbons (Fsp3) is 0.0625. The maximum Gasteiger partial charge on any atom is 0.152 e. The van der Waals surface area contributed by atoms with Crippen LogP contribution in [0.5, 0.6) is 0 Å². The van der Waals surface area contributed by atoms with Gasteiger partial charge >= 0.3 is 0 Å². The third kappa shape index (κ3) is 1.45. The molecule has 3 aromatic rings. The van der Waals surface area contributed by atoms with Crippen LogP contribution in [0.4, 0.5) is 0 Å². The monoisotopic (exact) mass is 265 g/mol. The number of carbonyl (C=O) groups is 1. The molecule has 0 N–H and O–H groups in total. The molecule has 1 aromatic carbocycles. The van der Waals surface area contributed by atoms with Crippen LogP contribution in [0.25, 0.3) is 16.1 Å². The number of benzene rings is 1. The van der Waals surface area contributed by atoms with Gasteiger partial charge in [0.1, 0.15) is 0 Å². The Morgan fingerprint density at radius 3 is 2.84 bits per heavy atom. The fourth-order valence-electron chi connectivity index (χ4n) is 2.83. The predicted octanol–water partition coefficient (Wildman–Crippen LogP) is 3.92. The lowest BCUT2D eigenvalue weighted by molar-refractivity contribution is 0.112. The van der Waals surface area contributed by atoms with Crippen molar-refractivity contribution in [2.75, 3.05) is 0 Å². The first-order valence-electron chi connectivity index (χ1n) is 6.20. The van der Waals surface area contributed by atoms with E-state index in [9.17, 15) is 4.79 Å². The Bertz CT molecular complexity index is 768. The van der Waals surface area contributed by atoms with E-state index in [1.807, 2.05) is 18.3 Å². The maximum atomic E-state index is 11.3. The van der Waals surface area contributed by atoms with Crippen molar-refractivity contribution in [2.45, 2.75) is 6.42 Å². The zero-order valence-corrected chi connectivity index (χ0v) is 11.0. The first kappa shape index (κ1) is 10.8. The van der Waals surface area contributed by atoms with Crippen LogP contribution in [0, 0.1) is 0 Å². The Morgan fingerprint density at radius 1 is 1.16 bits per heavy atom.